The van der Waals surface area contributed by atoms with Crippen molar-refractivity contribution in [3.8, 4) is 28.5 Å². The van der Waals surface area contributed by atoms with Crippen molar-refractivity contribution in [2.24, 2.45) is 0 Å². The van der Waals surface area contributed by atoms with Crippen molar-refractivity contribution in [3.05, 3.63) is 59.4 Å². The van der Waals surface area contributed by atoms with Crippen LogP contribution in [0.2, 0.25) is 0 Å². The van der Waals surface area contributed by atoms with Crippen molar-refractivity contribution in [1.82, 2.24) is 24.7 Å². The van der Waals surface area contributed by atoms with Crippen LogP contribution in [0, 0.1) is 4.77 Å². The lowest BCUT2D eigenvalue weighted by molar-refractivity contribution is 0.475. The zero-order chi connectivity index (χ0) is 19.3. The van der Waals surface area contributed by atoms with Crippen molar-refractivity contribution < 1.29 is 5.11 Å². The van der Waals surface area contributed by atoms with Crippen molar-refractivity contribution in [2.45, 2.75) is 13.5 Å². The highest BCUT2D eigenvalue weighted by molar-refractivity contribution is 7.71. The maximum absolute atomic E-state index is 9.98. The lowest BCUT2D eigenvalue weighted by Crippen LogP contribution is -2.00. The molecular weight excluding hydrogens is 370 g/mol. The number of nitrogens with zero attached hydrogens (tertiary/aromatic N) is 3. The van der Waals surface area contributed by atoms with Crippen LogP contribution in [0.5, 0.6) is 5.75 Å². The molecule has 5 rings (SSSR count). The maximum atomic E-state index is 9.98. The van der Waals surface area contributed by atoms with Gasteiger partial charge in [0, 0.05) is 28.4 Å². The van der Waals surface area contributed by atoms with Gasteiger partial charge in [0.25, 0.3) is 0 Å². The molecule has 0 aliphatic heterocycles. The molecule has 0 saturated heterocycles. The molecule has 0 saturated carbocycles. The van der Waals surface area contributed by atoms with E-state index < -0.39 is 0 Å². The Bertz CT molecular complexity index is 1400. The number of aromatic amines is 2. The highest BCUT2D eigenvalue weighted by Gasteiger charge is 2.17. The summed E-state index contributed by atoms with van der Waals surface area (Å²) >= 11 is 5.35. The number of H-pyrrole nitrogens is 2. The van der Waals surface area contributed by atoms with Crippen LogP contribution in [0.4, 0.5) is 0 Å². The Morgan fingerprint density at radius 1 is 1.07 bits per heavy atom. The minimum atomic E-state index is 0.199. The molecule has 7 heteroatoms. The molecule has 5 aromatic rings. The van der Waals surface area contributed by atoms with E-state index in [0.717, 1.165) is 38.8 Å². The molecule has 138 valence electrons. The SMILES string of the molecule is CCn1c(-c2cc3c([nH]c4ccccc43)c(-c3cccc(O)c3)n2)n[nH]c1=S. The van der Waals surface area contributed by atoms with Gasteiger partial charge in [0.15, 0.2) is 10.6 Å². The van der Waals surface area contributed by atoms with Gasteiger partial charge in [0.05, 0.1) is 11.2 Å². The van der Waals surface area contributed by atoms with E-state index in [0.29, 0.717) is 17.1 Å². The van der Waals surface area contributed by atoms with Crippen LogP contribution >= 0.6 is 12.2 Å². The van der Waals surface area contributed by atoms with Gasteiger partial charge < -0.3 is 10.1 Å². The van der Waals surface area contributed by atoms with Crippen LogP contribution in [-0.2, 0) is 6.54 Å². The fraction of sp³-hybridized carbons (Fsp3) is 0.0952. The molecule has 2 aromatic carbocycles. The van der Waals surface area contributed by atoms with E-state index in [1.165, 1.54) is 0 Å². The molecule has 0 atom stereocenters. The Morgan fingerprint density at radius 3 is 2.75 bits per heavy atom. The van der Waals surface area contributed by atoms with Crippen LogP contribution in [-0.4, -0.2) is 29.8 Å². The van der Waals surface area contributed by atoms with Crippen molar-refractivity contribution in [2.75, 3.05) is 0 Å². The highest BCUT2D eigenvalue weighted by Crippen LogP contribution is 2.35. The maximum Gasteiger partial charge on any atom is 0.195 e. The Hall–Kier alpha value is -3.45. The van der Waals surface area contributed by atoms with Gasteiger partial charge in [0.1, 0.15) is 11.4 Å². The molecule has 3 aromatic heterocycles. The van der Waals surface area contributed by atoms with E-state index in [1.54, 1.807) is 12.1 Å². The number of pyridine rings is 1. The molecule has 28 heavy (non-hydrogen) atoms. The fourth-order valence-corrected chi connectivity index (χ4v) is 3.89. The number of phenols is 1. The number of rotatable bonds is 3. The van der Waals surface area contributed by atoms with Crippen LogP contribution in [0.1, 0.15) is 6.92 Å². The summed E-state index contributed by atoms with van der Waals surface area (Å²) in [6, 6.07) is 17.3. The first kappa shape index (κ1) is 16.7. The highest BCUT2D eigenvalue weighted by atomic mass is 32.1. The molecule has 0 spiro atoms. The standard InChI is InChI=1S/C21H17N5OS/c1-2-26-20(24-25-21(26)28)17-11-15-14-8-3-4-9-16(14)22-19(15)18(23-17)12-6-5-7-13(27)10-12/h3-11,22,27H,2H2,1H3,(H,25,28). The van der Waals surface area contributed by atoms with E-state index in [2.05, 4.69) is 21.2 Å². The average molecular weight is 387 g/mol. The molecular formula is C21H17N5OS. The minimum absolute atomic E-state index is 0.199. The largest absolute Gasteiger partial charge is 0.508 e. The van der Waals surface area contributed by atoms with Gasteiger partial charge in [-0.1, -0.05) is 30.3 Å². The molecule has 0 aliphatic rings. The lowest BCUT2D eigenvalue weighted by Gasteiger charge is -2.08. The van der Waals surface area contributed by atoms with E-state index in [1.807, 2.05) is 47.9 Å². The summed E-state index contributed by atoms with van der Waals surface area (Å²) in [5.74, 6) is 0.895. The van der Waals surface area contributed by atoms with Gasteiger partial charge in [-0.2, -0.15) is 5.10 Å². The third kappa shape index (κ3) is 2.51. The third-order valence-electron chi connectivity index (χ3n) is 4.92. The molecule has 0 unspecified atom stereocenters. The average Bonchev–Trinajstić information content (AvgIpc) is 3.27. The summed E-state index contributed by atoms with van der Waals surface area (Å²) in [5.41, 5.74) is 4.27. The van der Waals surface area contributed by atoms with E-state index in [-0.39, 0.29) is 5.75 Å². The molecule has 3 heterocycles. The monoisotopic (exact) mass is 387 g/mol. The van der Waals surface area contributed by atoms with E-state index >= 15 is 0 Å². The van der Waals surface area contributed by atoms with Crippen molar-refractivity contribution >= 4 is 34.0 Å². The first-order valence-corrected chi connectivity index (χ1v) is 9.43. The quantitative estimate of drug-likeness (QED) is 0.379. The molecule has 0 bridgehead atoms. The third-order valence-corrected chi connectivity index (χ3v) is 5.23. The number of hydrogen-bond donors (Lipinski definition) is 3. The first-order chi connectivity index (χ1) is 13.7. The number of hydrogen-bond acceptors (Lipinski definition) is 4. The number of nitrogens with one attached hydrogen (secondary N) is 2. The van der Waals surface area contributed by atoms with Crippen LogP contribution in [0.15, 0.2) is 54.6 Å². The van der Waals surface area contributed by atoms with Crippen molar-refractivity contribution in [3.63, 3.8) is 0 Å². The van der Waals surface area contributed by atoms with Gasteiger partial charge in [0.2, 0.25) is 0 Å². The molecule has 3 N–H and O–H groups in total. The molecule has 0 aliphatic carbocycles. The Kier molecular flexibility index (Phi) is 3.77. The molecule has 6 nitrogen and oxygen atoms in total. The normalized spacial score (nSPS) is 11.5. The first-order valence-electron chi connectivity index (χ1n) is 9.02. The number of phenolic OH excluding ortho intramolecular Hbond substituents is 1. The van der Waals surface area contributed by atoms with Gasteiger partial charge >= 0.3 is 0 Å². The number of para-hydroxylation sites is 1. The molecule has 0 amide bonds. The number of aromatic hydroxyl groups is 1. The Labute approximate surface area is 165 Å². The minimum Gasteiger partial charge on any atom is -0.508 e. The second kappa shape index (κ2) is 6.31. The van der Waals surface area contributed by atoms with Crippen LogP contribution in [0.25, 0.3) is 44.6 Å². The summed E-state index contributed by atoms with van der Waals surface area (Å²) in [5, 5.41) is 19.4. The zero-order valence-electron chi connectivity index (χ0n) is 15.1. The second-order valence-electron chi connectivity index (χ2n) is 6.60. The smallest absolute Gasteiger partial charge is 0.195 e. The second-order valence-corrected chi connectivity index (χ2v) is 6.98. The van der Waals surface area contributed by atoms with Crippen LogP contribution in [0.3, 0.4) is 0 Å². The van der Waals surface area contributed by atoms with E-state index in [4.69, 9.17) is 17.2 Å². The predicted molar refractivity (Wildman–Crippen MR) is 113 cm³/mol. The zero-order valence-corrected chi connectivity index (χ0v) is 15.9. The lowest BCUT2D eigenvalue weighted by atomic mass is 10.1. The van der Waals surface area contributed by atoms with Gasteiger partial charge in [-0.05, 0) is 43.4 Å². The topological polar surface area (TPSA) is 82.5 Å². The summed E-state index contributed by atoms with van der Waals surface area (Å²) in [6.07, 6.45) is 0. The number of aromatic nitrogens is 5. The summed E-state index contributed by atoms with van der Waals surface area (Å²) in [7, 11) is 0. The van der Waals surface area contributed by atoms with Gasteiger partial charge in [-0.25, -0.2) is 4.98 Å². The predicted octanol–water partition coefficient (Wildman–Crippen LogP) is 5.03. The van der Waals surface area contributed by atoms with Gasteiger partial charge in [-0.3, -0.25) is 9.67 Å². The summed E-state index contributed by atoms with van der Waals surface area (Å²) in [4.78, 5) is 8.39. The molecule has 0 fully saturated rings. The fourth-order valence-electron chi connectivity index (χ4n) is 3.63. The molecule has 0 radical (unpaired) electrons. The Morgan fingerprint density at radius 2 is 1.93 bits per heavy atom. The van der Waals surface area contributed by atoms with Crippen molar-refractivity contribution in [1.29, 1.82) is 0 Å². The van der Waals surface area contributed by atoms with Gasteiger partial charge in [-0.15, -0.1) is 0 Å². The summed E-state index contributed by atoms with van der Waals surface area (Å²) in [6.45, 7) is 2.72. The number of fused-ring (bicyclic) bond motifs is 3. The number of benzene rings is 2. The van der Waals surface area contributed by atoms with Crippen LogP contribution < -0.4 is 0 Å². The van der Waals surface area contributed by atoms with E-state index in [9.17, 15) is 5.11 Å². The Balaban J connectivity index is 1.90. The summed E-state index contributed by atoms with van der Waals surface area (Å²) < 4.78 is 2.49.